The lowest BCUT2D eigenvalue weighted by Crippen LogP contribution is -2.22. The van der Waals surface area contributed by atoms with E-state index in [0.29, 0.717) is 17.3 Å². The van der Waals surface area contributed by atoms with E-state index in [2.05, 4.69) is 10.4 Å². The van der Waals surface area contributed by atoms with Crippen molar-refractivity contribution in [3.05, 3.63) is 57.9 Å². The van der Waals surface area contributed by atoms with Gasteiger partial charge < -0.3 is 10.2 Å². The summed E-state index contributed by atoms with van der Waals surface area (Å²) in [6, 6.07) is 7.14. The van der Waals surface area contributed by atoms with Crippen LogP contribution in [0.3, 0.4) is 0 Å². The van der Waals surface area contributed by atoms with E-state index < -0.39 is 0 Å². The molecule has 25 heavy (non-hydrogen) atoms. The van der Waals surface area contributed by atoms with Crippen molar-refractivity contribution in [3.8, 4) is 0 Å². The Morgan fingerprint density at radius 2 is 1.92 bits per heavy atom. The van der Waals surface area contributed by atoms with E-state index in [-0.39, 0.29) is 11.8 Å². The summed E-state index contributed by atoms with van der Waals surface area (Å²) in [5.74, 6) is -0.282. The number of carbonyl (C=O) groups excluding carboxylic acids is 2. The molecule has 0 saturated carbocycles. The first-order valence-corrected chi connectivity index (χ1v) is 8.13. The summed E-state index contributed by atoms with van der Waals surface area (Å²) in [5.41, 5.74) is 3.01. The Morgan fingerprint density at radius 1 is 1.28 bits per heavy atom. The van der Waals surface area contributed by atoms with Gasteiger partial charge >= 0.3 is 0 Å². The van der Waals surface area contributed by atoms with E-state index in [1.165, 1.54) is 11.0 Å². The van der Waals surface area contributed by atoms with Gasteiger partial charge in [-0.05, 0) is 30.7 Å². The molecule has 2 amide bonds. The Bertz CT molecular complexity index is 807. The quantitative estimate of drug-likeness (QED) is 0.833. The number of nitrogens with one attached hydrogen (secondary N) is 1. The van der Waals surface area contributed by atoms with Crippen molar-refractivity contribution in [3.63, 3.8) is 0 Å². The van der Waals surface area contributed by atoms with Crippen LogP contribution in [0.5, 0.6) is 0 Å². The van der Waals surface area contributed by atoms with Crippen LogP contribution in [0.2, 0.25) is 5.15 Å². The monoisotopic (exact) mass is 360 g/mol. The maximum absolute atomic E-state index is 12.0. The summed E-state index contributed by atoms with van der Waals surface area (Å²) in [6.45, 7) is 2.21. The zero-order valence-corrected chi connectivity index (χ0v) is 15.5. The molecule has 0 saturated heterocycles. The zero-order chi connectivity index (χ0) is 18.6. The zero-order valence-electron chi connectivity index (χ0n) is 14.7. The van der Waals surface area contributed by atoms with E-state index in [9.17, 15) is 9.59 Å². The number of aromatic nitrogens is 2. The predicted molar refractivity (Wildman–Crippen MR) is 98.3 cm³/mol. The van der Waals surface area contributed by atoms with Crippen LogP contribution in [-0.2, 0) is 18.4 Å². The van der Waals surface area contributed by atoms with Crippen LogP contribution in [0.1, 0.15) is 27.2 Å². The van der Waals surface area contributed by atoms with E-state index in [4.69, 9.17) is 11.6 Å². The highest BCUT2D eigenvalue weighted by Gasteiger charge is 2.09. The van der Waals surface area contributed by atoms with Crippen molar-refractivity contribution >= 4 is 29.5 Å². The second kappa shape index (κ2) is 7.98. The number of hydrogen-bond acceptors (Lipinski definition) is 3. The molecular weight excluding hydrogens is 340 g/mol. The normalized spacial score (nSPS) is 10.9. The Hall–Kier alpha value is -2.60. The van der Waals surface area contributed by atoms with E-state index in [1.807, 2.05) is 19.1 Å². The van der Waals surface area contributed by atoms with Crippen LogP contribution in [0, 0.1) is 6.92 Å². The van der Waals surface area contributed by atoms with Crippen LogP contribution in [0.25, 0.3) is 6.08 Å². The first-order valence-electron chi connectivity index (χ1n) is 7.75. The number of carbonyl (C=O) groups is 2. The summed E-state index contributed by atoms with van der Waals surface area (Å²) in [7, 11) is 5.16. The summed E-state index contributed by atoms with van der Waals surface area (Å²) in [5, 5.41) is 7.47. The van der Waals surface area contributed by atoms with Gasteiger partial charge in [-0.2, -0.15) is 5.10 Å². The van der Waals surface area contributed by atoms with Gasteiger partial charge in [0.05, 0.1) is 5.69 Å². The predicted octanol–water partition coefficient (Wildman–Crippen LogP) is 2.41. The molecule has 0 spiro atoms. The standard InChI is InChI=1S/C18H21ClN4O2/c1-12-15(17(19)23(4)21-12)9-10-16(24)20-11-13-5-7-14(8-6-13)18(25)22(2)3/h5-10H,11H2,1-4H3,(H,20,24)/b10-9+. The van der Waals surface area contributed by atoms with Gasteiger partial charge in [0.25, 0.3) is 5.91 Å². The summed E-state index contributed by atoms with van der Waals surface area (Å²) >= 11 is 6.12. The lowest BCUT2D eigenvalue weighted by molar-refractivity contribution is -0.116. The molecule has 0 bridgehead atoms. The van der Waals surface area contributed by atoms with Gasteiger partial charge in [0.15, 0.2) is 0 Å². The Morgan fingerprint density at radius 3 is 2.44 bits per heavy atom. The van der Waals surface area contributed by atoms with Gasteiger partial charge in [-0.1, -0.05) is 23.7 Å². The van der Waals surface area contributed by atoms with Crippen molar-refractivity contribution in [2.45, 2.75) is 13.5 Å². The van der Waals surface area contributed by atoms with Gasteiger partial charge in [-0.15, -0.1) is 0 Å². The van der Waals surface area contributed by atoms with Crippen molar-refractivity contribution in [1.29, 1.82) is 0 Å². The molecular formula is C18H21ClN4O2. The van der Waals surface area contributed by atoms with Crippen LogP contribution < -0.4 is 5.32 Å². The van der Waals surface area contributed by atoms with E-state index in [1.54, 1.807) is 44.0 Å². The van der Waals surface area contributed by atoms with Crippen molar-refractivity contribution in [2.75, 3.05) is 14.1 Å². The van der Waals surface area contributed by atoms with E-state index >= 15 is 0 Å². The fourth-order valence-corrected chi connectivity index (χ4v) is 2.50. The number of benzene rings is 1. The fraction of sp³-hybridized carbons (Fsp3) is 0.278. The third-order valence-corrected chi connectivity index (χ3v) is 4.12. The molecule has 1 aromatic heterocycles. The summed E-state index contributed by atoms with van der Waals surface area (Å²) in [4.78, 5) is 25.3. The topological polar surface area (TPSA) is 67.2 Å². The molecule has 0 atom stereocenters. The molecule has 2 rings (SSSR count). The number of nitrogens with zero attached hydrogens (tertiary/aromatic N) is 3. The highest BCUT2D eigenvalue weighted by Crippen LogP contribution is 2.19. The number of hydrogen-bond donors (Lipinski definition) is 1. The third-order valence-electron chi connectivity index (χ3n) is 3.67. The Balaban J connectivity index is 1.94. The number of amides is 2. The van der Waals surface area contributed by atoms with Gasteiger partial charge in [0.1, 0.15) is 5.15 Å². The minimum atomic E-state index is -0.229. The highest BCUT2D eigenvalue weighted by molar-refractivity contribution is 6.31. The van der Waals surface area contributed by atoms with Crippen LogP contribution in [0.15, 0.2) is 30.3 Å². The smallest absolute Gasteiger partial charge is 0.253 e. The van der Waals surface area contributed by atoms with Crippen molar-refractivity contribution < 1.29 is 9.59 Å². The number of rotatable bonds is 5. The third kappa shape index (κ3) is 4.70. The summed E-state index contributed by atoms with van der Waals surface area (Å²) in [6.07, 6.45) is 3.08. The molecule has 1 aromatic carbocycles. The van der Waals surface area contributed by atoms with Gasteiger partial charge in [0, 0.05) is 44.9 Å². The SMILES string of the molecule is Cc1nn(C)c(Cl)c1/C=C/C(=O)NCc1ccc(C(=O)N(C)C)cc1. The second-order valence-electron chi connectivity index (χ2n) is 5.86. The maximum Gasteiger partial charge on any atom is 0.253 e. The molecule has 132 valence electrons. The first kappa shape index (κ1) is 18.7. The van der Waals surface area contributed by atoms with Crippen LogP contribution >= 0.6 is 11.6 Å². The Kier molecular flexibility index (Phi) is 5.98. The molecule has 1 N–H and O–H groups in total. The van der Waals surface area contributed by atoms with Gasteiger partial charge in [-0.3, -0.25) is 14.3 Å². The maximum atomic E-state index is 12.0. The van der Waals surface area contributed by atoms with E-state index in [0.717, 1.165) is 16.8 Å². The average Bonchev–Trinajstić information content (AvgIpc) is 2.83. The van der Waals surface area contributed by atoms with Gasteiger partial charge in [0.2, 0.25) is 5.91 Å². The molecule has 1 heterocycles. The van der Waals surface area contributed by atoms with Crippen LogP contribution in [-0.4, -0.2) is 40.6 Å². The van der Waals surface area contributed by atoms with Gasteiger partial charge in [-0.25, -0.2) is 0 Å². The fourth-order valence-electron chi connectivity index (χ4n) is 2.27. The molecule has 0 fully saturated rings. The molecule has 0 aliphatic rings. The minimum absolute atomic E-state index is 0.0535. The number of halogens is 1. The van der Waals surface area contributed by atoms with Crippen molar-refractivity contribution in [2.24, 2.45) is 7.05 Å². The molecule has 6 nitrogen and oxygen atoms in total. The molecule has 0 aliphatic heterocycles. The average molecular weight is 361 g/mol. The van der Waals surface area contributed by atoms with Crippen molar-refractivity contribution in [1.82, 2.24) is 20.0 Å². The highest BCUT2D eigenvalue weighted by atomic mass is 35.5. The summed E-state index contributed by atoms with van der Waals surface area (Å²) < 4.78 is 1.56. The lowest BCUT2D eigenvalue weighted by atomic mass is 10.1. The molecule has 0 unspecified atom stereocenters. The largest absolute Gasteiger partial charge is 0.348 e. The lowest BCUT2D eigenvalue weighted by Gasteiger charge is -2.10. The van der Waals surface area contributed by atoms with Crippen LogP contribution in [0.4, 0.5) is 0 Å². The number of aryl methyl sites for hydroxylation is 2. The first-order chi connectivity index (χ1) is 11.8. The molecule has 0 radical (unpaired) electrons. The minimum Gasteiger partial charge on any atom is -0.348 e. The second-order valence-corrected chi connectivity index (χ2v) is 6.22. The molecule has 0 aliphatic carbocycles. The Labute approximate surface area is 152 Å². The molecule has 7 heteroatoms. The molecule has 2 aromatic rings.